The van der Waals surface area contributed by atoms with Crippen molar-refractivity contribution in [3.63, 3.8) is 0 Å². The molecule has 0 unspecified atom stereocenters. The highest BCUT2D eigenvalue weighted by Gasteiger charge is 2.05. The Bertz CT molecular complexity index is 312. The molecule has 0 aliphatic carbocycles. The van der Waals surface area contributed by atoms with E-state index in [-0.39, 0.29) is 18.1 Å². The number of phenols is 1. The minimum absolute atomic E-state index is 0.00380. The predicted octanol–water partition coefficient (Wildman–Crippen LogP) is 1.83. The standard InChI is InChI=1S/C10H11ClO3/c11-4-5-14-7-10(13)8-2-1-3-9(12)6-8/h1-3,6,12H,4-5,7H2. The summed E-state index contributed by atoms with van der Waals surface area (Å²) >= 11 is 5.38. The van der Waals surface area contributed by atoms with Crippen LogP contribution in [0.2, 0.25) is 0 Å². The molecule has 0 aromatic heterocycles. The van der Waals surface area contributed by atoms with Gasteiger partial charge in [-0.1, -0.05) is 12.1 Å². The van der Waals surface area contributed by atoms with Gasteiger partial charge < -0.3 is 9.84 Å². The lowest BCUT2D eigenvalue weighted by Crippen LogP contribution is -2.10. The molecule has 0 saturated heterocycles. The third-order valence-corrected chi connectivity index (χ3v) is 1.78. The number of halogens is 1. The number of rotatable bonds is 5. The Hall–Kier alpha value is -1.06. The molecule has 4 heteroatoms. The van der Waals surface area contributed by atoms with Crippen LogP contribution in [0, 0.1) is 0 Å². The molecule has 0 heterocycles. The fourth-order valence-corrected chi connectivity index (χ4v) is 1.09. The highest BCUT2D eigenvalue weighted by molar-refractivity contribution is 6.18. The third-order valence-electron chi connectivity index (χ3n) is 1.62. The van der Waals surface area contributed by atoms with Crippen LogP contribution in [0.25, 0.3) is 0 Å². The van der Waals surface area contributed by atoms with Crippen LogP contribution < -0.4 is 0 Å². The Labute approximate surface area is 87.3 Å². The van der Waals surface area contributed by atoms with E-state index < -0.39 is 0 Å². The Kier molecular flexibility index (Phi) is 4.43. The average Bonchev–Trinajstić information content (AvgIpc) is 2.18. The molecule has 0 atom stereocenters. The predicted molar refractivity (Wildman–Crippen MR) is 54.0 cm³/mol. The Balaban J connectivity index is 2.52. The average molecular weight is 215 g/mol. The van der Waals surface area contributed by atoms with E-state index >= 15 is 0 Å². The third kappa shape index (κ3) is 3.36. The van der Waals surface area contributed by atoms with E-state index in [1.165, 1.54) is 12.1 Å². The molecule has 0 aliphatic rings. The van der Waals surface area contributed by atoms with Gasteiger partial charge in [0.1, 0.15) is 12.4 Å². The van der Waals surface area contributed by atoms with Gasteiger partial charge in [0.05, 0.1) is 6.61 Å². The van der Waals surface area contributed by atoms with Crippen molar-refractivity contribution in [2.24, 2.45) is 0 Å². The molecule has 76 valence electrons. The lowest BCUT2D eigenvalue weighted by atomic mass is 10.1. The highest BCUT2D eigenvalue weighted by atomic mass is 35.5. The number of carbonyl (C=O) groups excluding carboxylic acids is 1. The largest absolute Gasteiger partial charge is 0.508 e. The molecule has 0 aliphatic heterocycles. The van der Waals surface area contributed by atoms with Gasteiger partial charge >= 0.3 is 0 Å². The second kappa shape index (κ2) is 5.62. The first-order valence-electron chi connectivity index (χ1n) is 4.20. The lowest BCUT2D eigenvalue weighted by molar-refractivity contribution is 0.0786. The minimum atomic E-state index is -0.161. The number of Topliss-reactive ketones (excluding diaryl/α,β-unsaturated/α-hetero) is 1. The molecule has 0 amide bonds. The number of aromatic hydroxyl groups is 1. The monoisotopic (exact) mass is 214 g/mol. The minimum Gasteiger partial charge on any atom is -0.508 e. The van der Waals surface area contributed by atoms with Gasteiger partial charge in [-0.3, -0.25) is 4.79 Å². The molecule has 0 saturated carbocycles. The van der Waals surface area contributed by atoms with Crippen molar-refractivity contribution in [2.45, 2.75) is 0 Å². The maximum atomic E-state index is 11.4. The molecule has 1 rings (SSSR count). The van der Waals surface area contributed by atoms with E-state index in [1.54, 1.807) is 12.1 Å². The second-order valence-corrected chi connectivity index (χ2v) is 3.09. The zero-order chi connectivity index (χ0) is 10.4. The van der Waals surface area contributed by atoms with Crippen LogP contribution in [0.1, 0.15) is 10.4 Å². The number of carbonyl (C=O) groups is 1. The summed E-state index contributed by atoms with van der Waals surface area (Å²) in [6.45, 7) is 0.349. The summed E-state index contributed by atoms with van der Waals surface area (Å²) in [4.78, 5) is 11.4. The van der Waals surface area contributed by atoms with Crippen molar-refractivity contribution >= 4 is 17.4 Å². The van der Waals surface area contributed by atoms with Crippen molar-refractivity contribution in [3.8, 4) is 5.75 Å². The van der Waals surface area contributed by atoms with Crippen LogP contribution in [0.4, 0.5) is 0 Å². The van der Waals surface area contributed by atoms with E-state index in [1.807, 2.05) is 0 Å². The molecular formula is C10H11ClO3. The molecule has 0 bridgehead atoms. The number of hydrogen-bond donors (Lipinski definition) is 1. The van der Waals surface area contributed by atoms with Crippen molar-refractivity contribution in [1.82, 2.24) is 0 Å². The van der Waals surface area contributed by atoms with Crippen molar-refractivity contribution < 1.29 is 14.6 Å². The number of hydrogen-bond acceptors (Lipinski definition) is 3. The van der Waals surface area contributed by atoms with E-state index in [0.717, 1.165) is 0 Å². The van der Waals surface area contributed by atoms with Gasteiger partial charge in [0.15, 0.2) is 5.78 Å². The fourth-order valence-electron chi connectivity index (χ4n) is 0.982. The first-order valence-corrected chi connectivity index (χ1v) is 4.73. The van der Waals surface area contributed by atoms with E-state index in [4.69, 9.17) is 21.4 Å². The maximum absolute atomic E-state index is 11.4. The quantitative estimate of drug-likeness (QED) is 0.462. The number of benzene rings is 1. The van der Waals surface area contributed by atoms with E-state index in [9.17, 15) is 4.79 Å². The zero-order valence-corrected chi connectivity index (χ0v) is 8.33. The number of alkyl halides is 1. The van der Waals surface area contributed by atoms with Crippen LogP contribution in [-0.4, -0.2) is 30.0 Å². The van der Waals surface area contributed by atoms with Gasteiger partial charge in [-0.25, -0.2) is 0 Å². The van der Waals surface area contributed by atoms with Gasteiger partial charge in [0.2, 0.25) is 0 Å². The number of ketones is 1. The zero-order valence-electron chi connectivity index (χ0n) is 7.57. The molecule has 14 heavy (non-hydrogen) atoms. The van der Waals surface area contributed by atoms with E-state index in [0.29, 0.717) is 18.1 Å². The van der Waals surface area contributed by atoms with Crippen LogP contribution in [-0.2, 0) is 4.74 Å². The summed E-state index contributed by atoms with van der Waals surface area (Å²) < 4.78 is 4.98. The van der Waals surface area contributed by atoms with Crippen LogP contribution in [0.3, 0.4) is 0 Å². The lowest BCUT2D eigenvalue weighted by Gasteiger charge is -2.01. The van der Waals surface area contributed by atoms with Crippen molar-refractivity contribution in [1.29, 1.82) is 0 Å². The second-order valence-electron chi connectivity index (χ2n) is 2.72. The van der Waals surface area contributed by atoms with Gasteiger partial charge in [-0.2, -0.15) is 0 Å². The normalized spacial score (nSPS) is 10.1. The summed E-state index contributed by atoms with van der Waals surface area (Å²) in [5.74, 6) is 0.284. The maximum Gasteiger partial charge on any atom is 0.188 e. The first kappa shape index (κ1) is 11.0. The summed E-state index contributed by atoms with van der Waals surface area (Å²) in [7, 11) is 0. The Morgan fingerprint density at radius 3 is 2.93 bits per heavy atom. The SMILES string of the molecule is O=C(COCCCl)c1cccc(O)c1. The van der Waals surface area contributed by atoms with Crippen LogP contribution in [0.15, 0.2) is 24.3 Å². The molecular weight excluding hydrogens is 204 g/mol. The molecule has 1 aromatic rings. The van der Waals surface area contributed by atoms with Gasteiger partial charge in [-0.15, -0.1) is 11.6 Å². The Morgan fingerprint density at radius 1 is 1.50 bits per heavy atom. The Morgan fingerprint density at radius 2 is 2.29 bits per heavy atom. The molecule has 1 N–H and O–H groups in total. The summed E-state index contributed by atoms with van der Waals surface area (Å²) in [5, 5.41) is 9.12. The van der Waals surface area contributed by atoms with E-state index in [2.05, 4.69) is 0 Å². The molecule has 0 radical (unpaired) electrons. The summed E-state index contributed by atoms with van der Waals surface area (Å²) in [6, 6.07) is 6.17. The first-order chi connectivity index (χ1) is 6.74. The van der Waals surface area contributed by atoms with Crippen molar-refractivity contribution in [2.75, 3.05) is 19.1 Å². The fraction of sp³-hybridized carbons (Fsp3) is 0.300. The van der Waals surface area contributed by atoms with Gasteiger partial charge in [0.25, 0.3) is 0 Å². The molecule has 0 spiro atoms. The highest BCUT2D eigenvalue weighted by Crippen LogP contribution is 2.11. The molecule has 1 aromatic carbocycles. The van der Waals surface area contributed by atoms with Crippen molar-refractivity contribution in [3.05, 3.63) is 29.8 Å². The number of phenolic OH excluding ortho intramolecular Hbond substituents is 1. The number of ether oxygens (including phenoxy) is 1. The summed E-state index contributed by atoms with van der Waals surface area (Å²) in [6.07, 6.45) is 0. The smallest absolute Gasteiger partial charge is 0.188 e. The molecule has 3 nitrogen and oxygen atoms in total. The summed E-state index contributed by atoms with van der Waals surface area (Å²) in [5.41, 5.74) is 0.444. The van der Waals surface area contributed by atoms with Crippen LogP contribution >= 0.6 is 11.6 Å². The van der Waals surface area contributed by atoms with Crippen LogP contribution in [0.5, 0.6) is 5.75 Å². The van der Waals surface area contributed by atoms with Gasteiger partial charge in [0, 0.05) is 11.4 Å². The molecule has 0 fully saturated rings. The topological polar surface area (TPSA) is 46.5 Å². The van der Waals surface area contributed by atoms with Gasteiger partial charge in [-0.05, 0) is 12.1 Å².